The van der Waals surface area contributed by atoms with E-state index in [1.54, 1.807) is 18.1 Å². The SMILES string of the molecule is CN(c1nccc(C(F)(F)F)n1)C1CCCN(c2ncnc3[nH]ncc23)C1. The molecule has 1 unspecified atom stereocenters. The molecule has 3 aromatic heterocycles. The number of nitrogens with zero attached hydrogens (tertiary/aromatic N) is 7. The highest BCUT2D eigenvalue weighted by atomic mass is 19.4. The van der Waals surface area contributed by atoms with Gasteiger partial charge in [-0.3, -0.25) is 5.10 Å². The molecule has 0 spiro atoms. The van der Waals surface area contributed by atoms with Crippen molar-refractivity contribution in [1.82, 2.24) is 30.1 Å². The van der Waals surface area contributed by atoms with Crippen LogP contribution in [0, 0.1) is 0 Å². The number of alkyl halides is 3. The molecule has 3 aromatic rings. The van der Waals surface area contributed by atoms with Gasteiger partial charge in [-0.25, -0.2) is 19.9 Å². The van der Waals surface area contributed by atoms with E-state index in [1.807, 2.05) is 0 Å². The molecule has 0 amide bonds. The van der Waals surface area contributed by atoms with E-state index in [9.17, 15) is 13.2 Å². The molecule has 4 rings (SSSR count). The van der Waals surface area contributed by atoms with Crippen molar-refractivity contribution in [3.8, 4) is 0 Å². The minimum absolute atomic E-state index is 0.0425. The third kappa shape index (κ3) is 3.36. The number of rotatable bonds is 3. The van der Waals surface area contributed by atoms with Crippen LogP contribution in [0.25, 0.3) is 11.0 Å². The molecule has 27 heavy (non-hydrogen) atoms. The maximum atomic E-state index is 12.9. The van der Waals surface area contributed by atoms with E-state index >= 15 is 0 Å². The summed E-state index contributed by atoms with van der Waals surface area (Å²) in [4.78, 5) is 20.0. The van der Waals surface area contributed by atoms with Crippen LogP contribution in [0.2, 0.25) is 0 Å². The average Bonchev–Trinajstić information content (AvgIpc) is 3.16. The van der Waals surface area contributed by atoms with Gasteiger partial charge in [0, 0.05) is 32.4 Å². The number of aromatic nitrogens is 6. The Balaban J connectivity index is 1.57. The summed E-state index contributed by atoms with van der Waals surface area (Å²) in [6.45, 7) is 1.39. The van der Waals surface area contributed by atoms with Gasteiger partial charge in [0.1, 0.15) is 17.8 Å². The van der Waals surface area contributed by atoms with Gasteiger partial charge >= 0.3 is 6.18 Å². The van der Waals surface area contributed by atoms with Gasteiger partial charge in [0.15, 0.2) is 5.65 Å². The van der Waals surface area contributed by atoms with Gasteiger partial charge in [-0.1, -0.05) is 0 Å². The third-order valence-electron chi connectivity index (χ3n) is 4.72. The third-order valence-corrected chi connectivity index (χ3v) is 4.72. The quantitative estimate of drug-likeness (QED) is 0.748. The van der Waals surface area contributed by atoms with Crippen LogP contribution in [0.1, 0.15) is 18.5 Å². The molecular formula is C16H17F3N8. The normalized spacial score (nSPS) is 18.1. The number of hydrogen-bond acceptors (Lipinski definition) is 7. The van der Waals surface area contributed by atoms with E-state index in [0.717, 1.165) is 42.9 Å². The number of H-pyrrole nitrogens is 1. The Bertz CT molecular complexity index is 941. The highest BCUT2D eigenvalue weighted by Gasteiger charge is 2.34. The minimum Gasteiger partial charge on any atom is -0.354 e. The van der Waals surface area contributed by atoms with Crippen molar-refractivity contribution in [3.05, 3.63) is 30.5 Å². The molecule has 0 bridgehead atoms. The van der Waals surface area contributed by atoms with Crippen LogP contribution in [0.5, 0.6) is 0 Å². The molecule has 0 radical (unpaired) electrons. The Morgan fingerprint density at radius 3 is 2.93 bits per heavy atom. The number of nitrogens with one attached hydrogen (secondary N) is 1. The Kier molecular flexibility index (Phi) is 4.28. The van der Waals surface area contributed by atoms with Crippen LogP contribution in [0.3, 0.4) is 0 Å². The fourth-order valence-corrected chi connectivity index (χ4v) is 3.31. The summed E-state index contributed by atoms with van der Waals surface area (Å²) in [5.41, 5.74) is -0.292. The summed E-state index contributed by atoms with van der Waals surface area (Å²) in [6, 6.07) is 0.834. The largest absolute Gasteiger partial charge is 0.433 e. The van der Waals surface area contributed by atoms with Crippen LogP contribution in [-0.2, 0) is 6.18 Å². The van der Waals surface area contributed by atoms with Gasteiger partial charge in [0.25, 0.3) is 0 Å². The molecule has 1 fully saturated rings. The Morgan fingerprint density at radius 1 is 1.26 bits per heavy atom. The maximum Gasteiger partial charge on any atom is 0.433 e. The lowest BCUT2D eigenvalue weighted by molar-refractivity contribution is -0.141. The van der Waals surface area contributed by atoms with Crippen molar-refractivity contribution >= 4 is 22.8 Å². The average molecular weight is 378 g/mol. The summed E-state index contributed by atoms with van der Waals surface area (Å²) in [6.07, 6.45) is 1.49. The van der Waals surface area contributed by atoms with Crippen molar-refractivity contribution in [3.63, 3.8) is 0 Å². The highest BCUT2D eigenvalue weighted by molar-refractivity contribution is 5.86. The zero-order chi connectivity index (χ0) is 19.0. The molecule has 8 nitrogen and oxygen atoms in total. The predicted molar refractivity (Wildman–Crippen MR) is 92.4 cm³/mol. The van der Waals surface area contributed by atoms with Crippen LogP contribution in [0.4, 0.5) is 24.9 Å². The zero-order valence-electron chi connectivity index (χ0n) is 14.5. The Morgan fingerprint density at radius 2 is 2.11 bits per heavy atom. The first kappa shape index (κ1) is 17.4. The molecule has 1 aliphatic heterocycles. The fraction of sp³-hybridized carbons (Fsp3) is 0.438. The molecular weight excluding hydrogens is 361 g/mol. The molecule has 0 saturated carbocycles. The topological polar surface area (TPSA) is 86.7 Å². The summed E-state index contributed by atoms with van der Waals surface area (Å²) in [7, 11) is 1.72. The van der Waals surface area contributed by atoms with Gasteiger partial charge in [0.05, 0.1) is 11.6 Å². The first-order valence-corrected chi connectivity index (χ1v) is 8.45. The summed E-state index contributed by atoms with van der Waals surface area (Å²) >= 11 is 0. The number of fused-ring (bicyclic) bond motifs is 1. The molecule has 11 heteroatoms. The van der Waals surface area contributed by atoms with Gasteiger partial charge in [-0.05, 0) is 18.9 Å². The van der Waals surface area contributed by atoms with Crippen molar-refractivity contribution < 1.29 is 13.2 Å². The number of piperidine rings is 1. The van der Waals surface area contributed by atoms with Crippen molar-refractivity contribution in [2.45, 2.75) is 25.1 Å². The van der Waals surface area contributed by atoms with Crippen LogP contribution < -0.4 is 9.80 Å². The Labute approximate surface area is 152 Å². The highest BCUT2D eigenvalue weighted by Crippen LogP contribution is 2.30. The second-order valence-corrected chi connectivity index (χ2v) is 6.42. The van der Waals surface area contributed by atoms with Crippen LogP contribution in [-0.4, -0.2) is 56.3 Å². The number of hydrogen-bond donors (Lipinski definition) is 1. The summed E-state index contributed by atoms with van der Waals surface area (Å²) in [5.74, 6) is 0.824. The monoisotopic (exact) mass is 378 g/mol. The number of aromatic amines is 1. The zero-order valence-corrected chi connectivity index (χ0v) is 14.5. The number of halogens is 3. The number of likely N-dealkylation sites (N-methyl/N-ethyl adjacent to an activating group) is 1. The molecule has 4 heterocycles. The van der Waals surface area contributed by atoms with Crippen molar-refractivity contribution in [2.24, 2.45) is 0 Å². The summed E-state index contributed by atoms with van der Waals surface area (Å²) in [5, 5.41) is 7.63. The maximum absolute atomic E-state index is 12.9. The molecule has 1 saturated heterocycles. The van der Waals surface area contributed by atoms with Crippen molar-refractivity contribution in [2.75, 3.05) is 29.9 Å². The van der Waals surface area contributed by atoms with Crippen LogP contribution >= 0.6 is 0 Å². The lowest BCUT2D eigenvalue weighted by Gasteiger charge is -2.38. The first-order valence-electron chi connectivity index (χ1n) is 8.45. The van der Waals surface area contributed by atoms with E-state index in [4.69, 9.17) is 0 Å². The van der Waals surface area contributed by atoms with E-state index in [2.05, 4.69) is 35.0 Å². The van der Waals surface area contributed by atoms with Gasteiger partial charge < -0.3 is 9.80 Å². The van der Waals surface area contributed by atoms with Crippen molar-refractivity contribution in [1.29, 1.82) is 0 Å². The molecule has 1 atom stereocenters. The van der Waals surface area contributed by atoms with Gasteiger partial charge in [-0.2, -0.15) is 18.3 Å². The second-order valence-electron chi connectivity index (χ2n) is 6.42. The lowest BCUT2D eigenvalue weighted by atomic mass is 10.0. The van der Waals surface area contributed by atoms with E-state index in [-0.39, 0.29) is 12.0 Å². The minimum atomic E-state index is -4.50. The van der Waals surface area contributed by atoms with Gasteiger partial charge in [-0.15, -0.1) is 0 Å². The van der Waals surface area contributed by atoms with E-state index in [0.29, 0.717) is 12.2 Å². The van der Waals surface area contributed by atoms with E-state index in [1.165, 1.54) is 6.33 Å². The van der Waals surface area contributed by atoms with Crippen LogP contribution in [0.15, 0.2) is 24.8 Å². The van der Waals surface area contributed by atoms with E-state index < -0.39 is 11.9 Å². The standard InChI is InChI=1S/C16H17F3N8/c1-26(15-20-5-4-12(24-15)16(17,18)19)10-3-2-6-27(8-10)14-11-7-23-25-13(11)21-9-22-14/h4-5,7,9-10H,2-3,6,8H2,1H3,(H,21,22,23,25). The molecule has 1 aliphatic rings. The smallest absolute Gasteiger partial charge is 0.354 e. The predicted octanol–water partition coefficient (Wildman–Crippen LogP) is 2.27. The Hall–Kier alpha value is -2.98. The molecule has 0 aliphatic carbocycles. The number of anilines is 2. The summed E-state index contributed by atoms with van der Waals surface area (Å²) < 4.78 is 38.8. The lowest BCUT2D eigenvalue weighted by Crippen LogP contribution is -2.47. The second kappa shape index (κ2) is 6.63. The first-order chi connectivity index (χ1) is 12.9. The van der Waals surface area contributed by atoms with Gasteiger partial charge in [0.2, 0.25) is 5.95 Å². The fourth-order valence-electron chi connectivity index (χ4n) is 3.31. The molecule has 142 valence electrons. The molecule has 1 N–H and O–H groups in total. The molecule has 0 aromatic carbocycles.